The number of hydrogen-bond donors (Lipinski definition) is 2. The van der Waals surface area contributed by atoms with Crippen molar-refractivity contribution in [2.24, 2.45) is 0 Å². The molecule has 1 unspecified atom stereocenters. The monoisotopic (exact) mass is 274 g/mol. The predicted octanol–water partition coefficient (Wildman–Crippen LogP) is 2.28. The van der Waals surface area contributed by atoms with Gasteiger partial charge in [0.15, 0.2) is 0 Å². The van der Waals surface area contributed by atoms with Gasteiger partial charge in [0.1, 0.15) is 5.75 Å². The third-order valence-corrected chi connectivity index (χ3v) is 5.20. The van der Waals surface area contributed by atoms with Crippen LogP contribution >= 0.6 is 0 Å². The number of nitrogens with one attached hydrogen (secondary N) is 1. The number of fused-ring (bicyclic) bond motifs is 1. The Morgan fingerprint density at radius 3 is 2.60 bits per heavy atom. The molecule has 3 nitrogen and oxygen atoms in total. The summed E-state index contributed by atoms with van der Waals surface area (Å²) in [6.07, 6.45) is 5.71. The van der Waals surface area contributed by atoms with Crippen LogP contribution in [0.5, 0.6) is 5.75 Å². The molecule has 2 N–H and O–H groups in total. The molecule has 0 bridgehead atoms. The Hall–Kier alpha value is -1.06. The molecule has 3 heteroatoms. The van der Waals surface area contributed by atoms with Gasteiger partial charge in [0.05, 0.1) is 0 Å². The molecule has 1 saturated heterocycles. The molecule has 1 aromatic rings. The van der Waals surface area contributed by atoms with Crippen molar-refractivity contribution >= 4 is 0 Å². The van der Waals surface area contributed by atoms with Gasteiger partial charge in [-0.05, 0) is 88.0 Å². The van der Waals surface area contributed by atoms with Crippen LogP contribution in [0.3, 0.4) is 0 Å². The van der Waals surface area contributed by atoms with Crippen molar-refractivity contribution in [1.29, 1.82) is 0 Å². The number of phenolic OH excluding ortho intramolecular Hbond substituents is 1. The van der Waals surface area contributed by atoms with E-state index in [-0.39, 0.29) is 0 Å². The van der Waals surface area contributed by atoms with Gasteiger partial charge in [-0.2, -0.15) is 0 Å². The molecule has 20 heavy (non-hydrogen) atoms. The minimum absolute atomic E-state index is 0.506. The highest BCUT2D eigenvalue weighted by Gasteiger charge is 2.27. The molecule has 0 amide bonds. The van der Waals surface area contributed by atoms with E-state index >= 15 is 0 Å². The topological polar surface area (TPSA) is 35.5 Å². The first-order valence-electron chi connectivity index (χ1n) is 7.88. The van der Waals surface area contributed by atoms with Gasteiger partial charge in [-0.1, -0.05) is 6.07 Å². The molecule has 0 spiro atoms. The Balaban J connectivity index is 1.91. The number of piperidine rings is 1. The molecule has 3 rings (SSSR count). The summed E-state index contributed by atoms with van der Waals surface area (Å²) in [5, 5.41) is 13.6. The largest absolute Gasteiger partial charge is 0.508 e. The van der Waals surface area contributed by atoms with E-state index in [2.05, 4.69) is 23.3 Å². The molecule has 1 aliphatic heterocycles. The number of nitrogens with zero attached hydrogens (tertiary/aromatic N) is 1. The van der Waals surface area contributed by atoms with Crippen LogP contribution in [0.15, 0.2) is 12.1 Å². The number of rotatable bonds is 2. The van der Waals surface area contributed by atoms with Gasteiger partial charge in [0.2, 0.25) is 0 Å². The number of likely N-dealkylation sites (N-methyl/N-ethyl adjacent to an activating group) is 1. The van der Waals surface area contributed by atoms with Gasteiger partial charge in [-0.3, -0.25) is 0 Å². The maximum Gasteiger partial charge on any atom is 0.119 e. The zero-order chi connectivity index (χ0) is 14.1. The number of benzene rings is 1. The SMILES string of the molecule is CNC1CCc2c(O)ccc(C3CCN(C)CC3)c2C1. The van der Waals surface area contributed by atoms with Crippen LogP contribution in [0.1, 0.15) is 41.9 Å². The van der Waals surface area contributed by atoms with Crippen LogP contribution in [0.2, 0.25) is 0 Å². The summed E-state index contributed by atoms with van der Waals surface area (Å²) >= 11 is 0. The van der Waals surface area contributed by atoms with Crippen LogP contribution in [0, 0.1) is 0 Å². The molecule has 1 aromatic carbocycles. The van der Waals surface area contributed by atoms with E-state index in [1.54, 1.807) is 0 Å². The van der Waals surface area contributed by atoms with Crippen molar-refractivity contribution in [2.45, 2.75) is 44.1 Å². The Morgan fingerprint density at radius 1 is 1.15 bits per heavy atom. The second-order valence-corrected chi connectivity index (χ2v) is 6.44. The van der Waals surface area contributed by atoms with Crippen molar-refractivity contribution in [3.8, 4) is 5.75 Å². The van der Waals surface area contributed by atoms with E-state index in [9.17, 15) is 5.11 Å². The van der Waals surface area contributed by atoms with Gasteiger partial charge in [-0.15, -0.1) is 0 Å². The smallest absolute Gasteiger partial charge is 0.119 e. The van der Waals surface area contributed by atoms with Crippen molar-refractivity contribution in [3.05, 3.63) is 28.8 Å². The number of aromatic hydroxyl groups is 1. The highest BCUT2D eigenvalue weighted by atomic mass is 16.3. The Labute approximate surface area is 122 Å². The summed E-state index contributed by atoms with van der Waals surface area (Å²) < 4.78 is 0. The summed E-state index contributed by atoms with van der Waals surface area (Å²) in [7, 11) is 4.26. The zero-order valence-corrected chi connectivity index (χ0v) is 12.7. The van der Waals surface area contributed by atoms with Gasteiger partial charge in [0.25, 0.3) is 0 Å². The minimum atomic E-state index is 0.506. The molecule has 1 heterocycles. The van der Waals surface area contributed by atoms with E-state index in [1.807, 2.05) is 13.1 Å². The van der Waals surface area contributed by atoms with Crippen molar-refractivity contribution in [3.63, 3.8) is 0 Å². The van der Waals surface area contributed by atoms with Crippen LogP contribution < -0.4 is 5.32 Å². The number of likely N-dealkylation sites (tertiary alicyclic amines) is 1. The average Bonchev–Trinajstić information content (AvgIpc) is 2.48. The fourth-order valence-corrected chi connectivity index (χ4v) is 3.83. The third-order valence-electron chi connectivity index (χ3n) is 5.20. The molecule has 1 aliphatic carbocycles. The summed E-state index contributed by atoms with van der Waals surface area (Å²) in [6, 6.07) is 4.67. The van der Waals surface area contributed by atoms with Crippen LogP contribution in [0.25, 0.3) is 0 Å². The lowest BCUT2D eigenvalue weighted by molar-refractivity contribution is 0.254. The normalized spacial score (nSPS) is 24.6. The second kappa shape index (κ2) is 5.74. The fourth-order valence-electron chi connectivity index (χ4n) is 3.83. The molecular formula is C17H26N2O. The highest BCUT2D eigenvalue weighted by Crippen LogP contribution is 2.38. The van der Waals surface area contributed by atoms with Crippen LogP contribution in [0.4, 0.5) is 0 Å². The lowest BCUT2D eigenvalue weighted by Crippen LogP contribution is -2.34. The maximum atomic E-state index is 10.2. The summed E-state index contributed by atoms with van der Waals surface area (Å²) in [5.41, 5.74) is 4.16. The first-order valence-corrected chi connectivity index (χ1v) is 7.88. The summed E-state index contributed by atoms with van der Waals surface area (Å²) in [5.74, 6) is 1.18. The van der Waals surface area contributed by atoms with Crippen LogP contribution in [-0.2, 0) is 12.8 Å². The van der Waals surface area contributed by atoms with Crippen molar-refractivity contribution in [1.82, 2.24) is 10.2 Å². The lowest BCUT2D eigenvalue weighted by atomic mass is 9.78. The zero-order valence-electron chi connectivity index (χ0n) is 12.7. The standard InChI is InChI=1S/C17H26N2O/c1-18-13-3-4-15-16(11-13)14(5-6-17(15)20)12-7-9-19(2)10-8-12/h5-6,12-13,18,20H,3-4,7-11H2,1-2H3. The van der Waals surface area contributed by atoms with E-state index < -0.39 is 0 Å². The Bertz CT molecular complexity index is 478. The van der Waals surface area contributed by atoms with Gasteiger partial charge >= 0.3 is 0 Å². The minimum Gasteiger partial charge on any atom is -0.508 e. The molecule has 1 fully saturated rings. The molecule has 110 valence electrons. The predicted molar refractivity (Wildman–Crippen MR) is 82.5 cm³/mol. The highest BCUT2D eigenvalue weighted by molar-refractivity contribution is 5.48. The Morgan fingerprint density at radius 2 is 1.90 bits per heavy atom. The number of hydrogen-bond acceptors (Lipinski definition) is 3. The molecule has 0 radical (unpaired) electrons. The molecule has 0 saturated carbocycles. The first kappa shape index (κ1) is 13.9. The molecule has 2 aliphatic rings. The summed E-state index contributed by atoms with van der Waals surface area (Å²) in [4.78, 5) is 2.42. The second-order valence-electron chi connectivity index (χ2n) is 6.44. The van der Waals surface area contributed by atoms with Gasteiger partial charge in [-0.25, -0.2) is 0 Å². The van der Waals surface area contributed by atoms with E-state index in [4.69, 9.17) is 0 Å². The van der Waals surface area contributed by atoms with Crippen molar-refractivity contribution < 1.29 is 5.11 Å². The average molecular weight is 274 g/mol. The molecule has 1 atom stereocenters. The maximum absolute atomic E-state index is 10.2. The fraction of sp³-hybridized carbons (Fsp3) is 0.647. The van der Waals surface area contributed by atoms with Crippen molar-refractivity contribution in [2.75, 3.05) is 27.2 Å². The molecular weight excluding hydrogens is 248 g/mol. The quantitative estimate of drug-likeness (QED) is 0.868. The van der Waals surface area contributed by atoms with E-state index in [0.717, 1.165) is 19.3 Å². The lowest BCUT2D eigenvalue weighted by Gasteiger charge is -2.33. The van der Waals surface area contributed by atoms with E-state index in [1.165, 1.54) is 42.6 Å². The Kier molecular flexibility index (Phi) is 3.99. The van der Waals surface area contributed by atoms with Crippen LogP contribution in [-0.4, -0.2) is 43.2 Å². The number of phenols is 1. The van der Waals surface area contributed by atoms with Gasteiger partial charge in [0, 0.05) is 6.04 Å². The first-order chi connectivity index (χ1) is 9.69. The van der Waals surface area contributed by atoms with Gasteiger partial charge < -0.3 is 15.3 Å². The third kappa shape index (κ3) is 2.57. The summed E-state index contributed by atoms with van der Waals surface area (Å²) in [6.45, 7) is 2.38. The van der Waals surface area contributed by atoms with E-state index in [0.29, 0.717) is 17.7 Å². The molecule has 0 aromatic heterocycles.